The minimum atomic E-state index is 0.167. The maximum Gasteiger partial charge on any atom is 0.123 e. The van der Waals surface area contributed by atoms with E-state index in [0.29, 0.717) is 13.0 Å². The Labute approximate surface area is 105 Å². The zero-order chi connectivity index (χ0) is 12.1. The van der Waals surface area contributed by atoms with E-state index in [1.54, 1.807) is 11.3 Å². The lowest BCUT2D eigenvalue weighted by atomic mass is 10.2. The summed E-state index contributed by atoms with van der Waals surface area (Å²) in [7, 11) is 0. The average Bonchev–Trinajstić information content (AvgIpc) is 2.79. The molecule has 2 aromatic rings. The number of ether oxygens (including phenoxy) is 1. The normalized spacial score (nSPS) is 10.5. The Balaban J connectivity index is 2.22. The molecule has 3 nitrogen and oxygen atoms in total. The highest BCUT2D eigenvalue weighted by Gasteiger charge is 2.05. The molecule has 0 atom stereocenters. The number of hydrogen-bond acceptors (Lipinski definition) is 4. The molecule has 2 rings (SSSR count). The van der Waals surface area contributed by atoms with Crippen molar-refractivity contribution in [1.29, 1.82) is 0 Å². The highest BCUT2D eigenvalue weighted by molar-refractivity contribution is 7.15. The summed E-state index contributed by atoms with van der Waals surface area (Å²) < 4.78 is 5.46. The smallest absolute Gasteiger partial charge is 0.123 e. The van der Waals surface area contributed by atoms with Crippen LogP contribution in [0.5, 0.6) is 5.75 Å². The summed E-state index contributed by atoms with van der Waals surface area (Å²) in [6.45, 7) is 2.80. The zero-order valence-corrected chi connectivity index (χ0v) is 10.5. The Morgan fingerprint density at radius 3 is 3.06 bits per heavy atom. The molecule has 17 heavy (non-hydrogen) atoms. The molecule has 1 aromatic carbocycles. The van der Waals surface area contributed by atoms with Gasteiger partial charge in [-0.1, -0.05) is 12.1 Å². The van der Waals surface area contributed by atoms with E-state index in [0.717, 1.165) is 21.2 Å². The predicted molar refractivity (Wildman–Crippen MR) is 69.5 cm³/mol. The Bertz CT molecular complexity index is 482. The van der Waals surface area contributed by atoms with Gasteiger partial charge in [-0.2, -0.15) is 0 Å². The molecule has 0 fully saturated rings. The van der Waals surface area contributed by atoms with Crippen LogP contribution >= 0.6 is 11.3 Å². The SMILES string of the molecule is CCOc1cccc(-c2ncc(CCO)s2)c1. The lowest BCUT2D eigenvalue weighted by molar-refractivity contribution is 0.300. The van der Waals surface area contributed by atoms with Gasteiger partial charge in [0.25, 0.3) is 0 Å². The Kier molecular flexibility index (Phi) is 4.12. The monoisotopic (exact) mass is 249 g/mol. The quantitative estimate of drug-likeness (QED) is 0.886. The van der Waals surface area contributed by atoms with Crippen LogP contribution in [-0.4, -0.2) is 23.3 Å². The van der Waals surface area contributed by atoms with Gasteiger partial charge in [0.2, 0.25) is 0 Å². The van der Waals surface area contributed by atoms with E-state index in [1.165, 1.54) is 0 Å². The molecule has 0 aliphatic rings. The van der Waals surface area contributed by atoms with Crippen molar-refractivity contribution in [3.8, 4) is 16.3 Å². The van der Waals surface area contributed by atoms with Crippen LogP contribution < -0.4 is 4.74 Å². The molecule has 1 aromatic heterocycles. The van der Waals surface area contributed by atoms with Crippen molar-refractivity contribution in [1.82, 2.24) is 4.98 Å². The largest absolute Gasteiger partial charge is 0.494 e. The minimum absolute atomic E-state index is 0.167. The fourth-order valence-corrected chi connectivity index (χ4v) is 2.45. The highest BCUT2D eigenvalue weighted by Crippen LogP contribution is 2.28. The second-order valence-electron chi connectivity index (χ2n) is 3.57. The first-order chi connectivity index (χ1) is 8.33. The molecular formula is C13H15NO2S. The van der Waals surface area contributed by atoms with Crippen LogP contribution in [0.3, 0.4) is 0 Å². The lowest BCUT2D eigenvalue weighted by Crippen LogP contribution is -1.90. The van der Waals surface area contributed by atoms with E-state index in [-0.39, 0.29) is 6.61 Å². The molecule has 0 amide bonds. The van der Waals surface area contributed by atoms with Crippen LogP contribution in [0.15, 0.2) is 30.5 Å². The van der Waals surface area contributed by atoms with Crippen molar-refractivity contribution in [2.75, 3.05) is 13.2 Å². The number of thiazole rings is 1. The second-order valence-corrected chi connectivity index (χ2v) is 4.68. The molecule has 1 heterocycles. The van der Waals surface area contributed by atoms with Gasteiger partial charge in [-0.25, -0.2) is 4.98 Å². The van der Waals surface area contributed by atoms with E-state index in [9.17, 15) is 0 Å². The number of hydrogen-bond donors (Lipinski definition) is 1. The topological polar surface area (TPSA) is 42.4 Å². The van der Waals surface area contributed by atoms with Crippen LogP contribution in [0.1, 0.15) is 11.8 Å². The summed E-state index contributed by atoms with van der Waals surface area (Å²) in [5, 5.41) is 9.84. The number of aromatic nitrogens is 1. The van der Waals surface area contributed by atoms with Crippen LogP contribution in [0.4, 0.5) is 0 Å². The fraction of sp³-hybridized carbons (Fsp3) is 0.308. The third-order valence-electron chi connectivity index (χ3n) is 2.30. The van der Waals surface area contributed by atoms with Crippen LogP contribution in [0, 0.1) is 0 Å². The standard InChI is InChI=1S/C13H15NO2S/c1-2-16-11-5-3-4-10(8-11)13-14-9-12(17-13)6-7-15/h3-5,8-9,15H,2,6-7H2,1H3. The Morgan fingerprint density at radius 1 is 1.41 bits per heavy atom. The molecular weight excluding hydrogens is 234 g/mol. The third-order valence-corrected chi connectivity index (χ3v) is 3.41. The van der Waals surface area contributed by atoms with Crippen molar-refractivity contribution in [2.24, 2.45) is 0 Å². The first kappa shape index (κ1) is 12.1. The molecule has 0 bridgehead atoms. The maximum atomic E-state index is 8.87. The predicted octanol–water partition coefficient (Wildman–Crippen LogP) is 2.74. The molecule has 1 N–H and O–H groups in total. The summed E-state index contributed by atoms with van der Waals surface area (Å²) in [5.74, 6) is 0.865. The van der Waals surface area contributed by atoms with Crippen molar-refractivity contribution in [2.45, 2.75) is 13.3 Å². The highest BCUT2D eigenvalue weighted by atomic mass is 32.1. The molecule has 0 radical (unpaired) electrons. The van der Waals surface area contributed by atoms with E-state index in [1.807, 2.05) is 37.4 Å². The van der Waals surface area contributed by atoms with Crippen molar-refractivity contribution >= 4 is 11.3 Å². The first-order valence-electron chi connectivity index (χ1n) is 5.62. The molecule has 0 aliphatic carbocycles. The molecule has 0 aliphatic heterocycles. The number of benzene rings is 1. The third kappa shape index (κ3) is 3.05. The summed E-state index contributed by atoms with van der Waals surface area (Å²) in [4.78, 5) is 5.46. The van der Waals surface area contributed by atoms with Crippen molar-refractivity contribution in [3.05, 3.63) is 35.3 Å². The lowest BCUT2D eigenvalue weighted by Gasteiger charge is -2.03. The van der Waals surface area contributed by atoms with Gasteiger partial charge in [-0.3, -0.25) is 0 Å². The van der Waals surface area contributed by atoms with Crippen LogP contribution in [0.2, 0.25) is 0 Å². The van der Waals surface area contributed by atoms with Gasteiger partial charge in [0.1, 0.15) is 10.8 Å². The molecule has 4 heteroatoms. The molecule has 90 valence electrons. The van der Waals surface area contributed by atoms with Crippen LogP contribution in [-0.2, 0) is 6.42 Å². The van der Waals surface area contributed by atoms with E-state index in [2.05, 4.69) is 4.98 Å². The van der Waals surface area contributed by atoms with E-state index in [4.69, 9.17) is 9.84 Å². The molecule has 0 saturated carbocycles. The maximum absolute atomic E-state index is 8.87. The zero-order valence-electron chi connectivity index (χ0n) is 9.72. The van der Waals surface area contributed by atoms with Gasteiger partial charge >= 0.3 is 0 Å². The van der Waals surface area contributed by atoms with Gasteiger partial charge in [-0.05, 0) is 19.1 Å². The van der Waals surface area contributed by atoms with Crippen molar-refractivity contribution < 1.29 is 9.84 Å². The second kappa shape index (κ2) is 5.80. The van der Waals surface area contributed by atoms with E-state index < -0.39 is 0 Å². The number of nitrogens with zero attached hydrogens (tertiary/aromatic N) is 1. The van der Waals surface area contributed by atoms with Gasteiger partial charge in [0.05, 0.1) is 6.61 Å². The van der Waals surface area contributed by atoms with Gasteiger partial charge in [0, 0.05) is 29.7 Å². The number of aliphatic hydroxyl groups excluding tert-OH is 1. The van der Waals surface area contributed by atoms with Crippen molar-refractivity contribution in [3.63, 3.8) is 0 Å². The fourth-order valence-electron chi connectivity index (χ4n) is 1.55. The number of aliphatic hydroxyl groups is 1. The summed E-state index contributed by atoms with van der Waals surface area (Å²) in [6, 6.07) is 7.91. The number of rotatable bonds is 5. The van der Waals surface area contributed by atoms with Gasteiger partial charge in [0.15, 0.2) is 0 Å². The van der Waals surface area contributed by atoms with Gasteiger partial charge in [-0.15, -0.1) is 11.3 Å². The van der Waals surface area contributed by atoms with Crippen LogP contribution in [0.25, 0.3) is 10.6 Å². The average molecular weight is 249 g/mol. The minimum Gasteiger partial charge on any atom is -0.494 e. The summed E-state index contributed by atoms with van der Waals surface area (Å²) in [6.07, 6.45) is 2.49. The Morgan fingerprint density at radius 2 is 2.29 bits per heavy atom. The molecule has 0 unspecified atom stereocenters. The molecule has 0 spiro atoms. The van der Waals surface area contributed by atoms with E-state index >= 15 is 0 Å². The molecule has 0 saturated heterocycles. The summed E-state index contributed by atoms with van der Waals surface area (Å²) >= 11 is 1.61. The van der Waals surface area contributed by atoms with Gasteiger partial charge < -0.3 is 9.84 Å². The Hall–Kier alpha value is -1.39. The first-order valence-corrected chi connectivity index (χ1v) is 6.44. The summed E-state index contributed by atoms with van der Waals surface area (Å²) in [5.41, 5.74) is 1.06.